The molecule has 4 rings (SSSR count). The van der Waals surface area contributed by atoms with Crippen LogP contribution in [-0.2, 0) is 16.1 Å². The molecule has 0 aliphatic carbocycles. The van der Waals surface area contributed by atoms with Gasteiger partial charge in [0.1, 0.15) is 0 Å². The third kappa shape index (κ3) is 4.35. The van der Waals surface area contributed by atoms with Gasteiger partial charge in [0, 0.05) is 60.9 Å². The molecule has 28 heavy (non-hydrogen) atoms. The molecule has 2 saturated heterocycles. The first-order valence-electron chi connectivity index (χ1n) is 9.80. The van der Waals surface area contributed by atoms with Crippen molar-refractivity contribution < 1.29 is 9.53 Å². The van der Waals surface area contributed by atoms with Crippen molar-refractivity contribution in [1.82, 2.24) is 14.8 Å². The lowest BCUT2D eigenvalue weighted by molar-refractivity contribution is -0.125. The molecule has 0 unspecified atom stereocenters. The Morgan fingerprint density at radius 1 is 1.39 bits per heavy atom. The zero-order valence-electron chi connectivity index (χ0n) is 16.3. The summed E-state index contributed by atoms with van der Waals surface area (Å²) < 4.78 is 6.05. The van der Waals surface area contributed by atoms with E-state index in [1.54, 1.807) is 23.6 Å². The average molecular weight is 398 g/mol. The lowest BCUT2D eigenvalue weighted by atomic mass is 9.77. The average Bonchev–Trinajstić information content (AvgIpc) is 3.43. The first kappa shape index (κ1) is 19.3. The number of carbonyl (C=O) groups excluding carboxylic acids is 1. The maximum atomic E-state index is 12.7. The summed E-state index contributed by atoms with van der Waals surface area (Å²) in [7, 11) is 2.17. The highest BCUT2D eigenvalue weighted by Crippen LogP contribution is 2.43. The predicted molar refractivity (Wildman–Crippen MR) is 112 cm³/mol. The molecule has 2 atom stereocenters. The van der Waals surface area contributed by atoms with E-state index in [4.69, 9.17) is 4.74 Å². The van der Waals surface area contributed by atoms with Crippen LogP contribution in [0.1, 0.15) is 16.9 Å². The highest BCUT2D eigenvalue weighted by atomic mass is 32.1. The summed E-state index contributed by atoms with van der Waals surface area (Å²) in [5, 5.41) is 2.03. The lowest BCUT2D eigenvalue weighted by Crippen LogP contribution is -2.37. The number of amides is 1. The van der Waals surface area contributed by atoms with Crippen LogP contribution in [0.25, 0.3) is 6.08 Å². The maximum absolute atomic E-state index is 12.7. The van der Waals surface area contributed by atoms with Crippen LogP contribution in [0.2, 0.25) is 0 Å². The van der Waals surface area contributed by atoms with E-state index >= 15 is 0 Å². The summed E-state index contributed by atoms with van der Waals surface area (Å²) in [5.41, 5.74) is 1.25. The number of pyridine rings is 1. The molecule has 0 aromatic carbocycles. The monoisotopic (exact) mass is 397 g/mol. The SMILES string of the molecule is CN1C[C@H](COCc2cccnc2)[C@]2(CCN(C(=O)/C=C/c3cccs3)C2)C1. The van der Waals surface area contributed by atoms with Crippen LogP contribution < -0.4 is 0 Å². The molecule has 0 N–H and O–H groups in total. The van der Waals surface area contributed by atoms with Gasteiger partial charge >= 0.3 is 0 Å². The van der Waals surface area contributed by atoms with Crippen molar-refractivity contribution >= 4 is 23.3 Å². The quantitative estimate of drug-likeness (QED) is 0.703. The minimum atomic E-state index is 0.120. The molecule has 1 spiro atoms. The first-order valence-corrected chi connectivity index (χ1v) is 10.7. The maximum Gasteiger partial charge on any atom is 0.246 e. The molecule has 6 heteroatoms. The standard InChI is InChI=1S/C22H27N3O2S/c1-24-13-19(15-27-14-18-4-2-9-23-12-18)22(16-24)8-10-25(17-22)21(26)7-6-20-5-3-11-28-20/h2-7,9,11-12,19H,8,10,13-17H2,1H3/b7-6+/t19-,22-/m1/s1. The fraction of sp³-hybridized carbons (Fsp3) is 0.455. The highest BCUT2D eigenvalue weighted by Gasteiger charge is 2.50. The van der Waals surface area contributed by atoms with E-state index in [2.05, 4.69) is 16.9 Å². The first-order chi connectivity index (χ1) is 13.6. The van der Waals surface area contributed by atoms with Crippen LogP contribution >= 0.6 is 11.3 Å². The van der Waals surface area contributed by atoms with Gasteiger partial charge in [-0.15, -0.1) is 11.3 Å². The summed E-state index contributed by atoms with van der Waals surface area (Å²) in [6.07, 6.45) is 8.33. The van der Waals surface area contributed by atoms with Crippen LogP contribution in [0.4, 0.5) is 0 Å². The van der Waals surface area contributed by atoms with Gasteiger partial charge in [0.2, 0.25) is 5.91 Å². The Balaban J connectivity index is 1.35. The highest BCUT2D eigenvalue weighted by molar-refractivity contribution is 7.10. The Morgan fingerprint density at radius 3 is 3.11 bits per heavy atom. The molecule has 1 amide bonds. The zero-order chi connectivity index (χ0) is 19.4. The number of carbonyl (C=O) groups is 1. The molecule has 5 nitrogen and oxygen atoms in total. The molecular weight excluding hydrogens is 370 g/mol. The normalized spacial score (nSPS) is 25.3. The second-order valence-electron chi connectivity index (χ2n) is 7.99. The minimum Gasteiger partial charge on any atom is -0.376 e. The largest absolute Gasteiger partial charge is 0.376 e. The van der Waals surface area contributed by atoms with Gasteiger partial charge in [-0.2, -0.15) is 0 Å². The molecule has 4 heterocycles. The van der Waals surface area contributed by atoms with Crippen molar-refractivity contribution in [1.29, 1.82) is 0 Å². The molecule has 2 aromatic heterocycles. The van der Waals surface area contributed by atoms with Crippen LogP contribution in [-0.4, -0.2) is 60.5 Å². The number of thiophene rings is 1. The van der Waals surface area contributed by atoms with Crippen LogP contribution in [0.3, 0.4) is 0 Å². The third-order valence-corrected chi connectivity index (χ3v) is 6.76. The molecule has 2 fully saturated rings. The number of nitrogens with zero attached hydrogens (tertiary/aromatic N) is 3. The number of hydrogen-bond acceptors (Lipinski definition) is 5. The smallest absolute Gasteiger partial charge is 0.246 e. The summed E-state index contributed by atoms with van der Waals surface area (Å²) in [5.74, 6) is 0.572. The second-order valence-corrected chi connectivity index (χ2v) is 8.97. The van der Waals surface area contributed by atoms with Gasteiger partial charge in [-0.25, -0.2) is 0 Å². The molecular formula is C22H27N3O2S. The Kier molecular flexibility index (Phi) is 5.90. The number of ether oxygens (including phenoxy) is 1. The predicted octanol–water partition coefficient (Wildman–Crippen LogP) is 3.15. The fourth-order valence-electron chi connectivity index (χ4n) is 4.52. The van der Waals surface area contributed by atoms with Gasteiger partial charge < -0.3 is 14.5 Å². The molecule has 2 aliphatic heterocycles. The molecule has 2 aliphatic rings. The van der Waals surface area contributed by atoms with E-state index in [0.29, 0.717) is 12.5 Å². The van der Waals surface area contributed by atoms with Crippen molar-refractivity contribution in [3.63, 3.8) is 0 Å². The Morgan fingerprint density at radius 2 is 2.32 bits per heavy atom. The summed E-state index contributed by atoms with van der Waals surface area (Å²) in [6.45, 7) is 5.04. The van der Waals surface area contributed by atoms with E-state index in [0.717, 1.165) is 49.6 Å². The Bertz CT molecular complexity index is 808. The van der Waals surface area contributed by atoms with Gasteiger partial charge in [0.15, 0.2) is 0 Å². The van der Waals surface area contributed by atoms with Crippen molar-refractivity contribution in [3.8, 4) is 0 Å². The fourth-order valence-corrected chi connectivity index (χ4v) is 5.14. The van der Waals surface area contributed by atoms with E-state index in [9.17, 15) is 4.79 Å². The second kappa shape index (κ2) is 8.55. The Hall–Kier alpha value is -2.02. The van der Waals surface area contributed by atoms with Gasteiger partial charge in [-0.05, 0) is 42.6 Å². The van der Waals surface area contributed by atoms with Gasteiger partial charge in [-0.1, -0.05) is 12.1 Å². The molecule has 2 aromatic rings. The summed E-state index contributed by atoms with van der Waals surface area (Å²) in [4.78, 5) is 22.3. The Labute approximate surface area is 170 Å². The summed E-state index contributed by atoms with van der Waals surface area (Å²) >= 11 is 1.65. The van der Waals surface area contributed by atoms with Crippen LogP contribution in [0.5, 0.6) is 0 Å². The number of likely N-dealkylation sites (tertiary alicyclic amines) is 2. The van der Waals surface area contributed by atoms with Crippen molar-refractivity contribution in [2.24, 2.45) is 11.3 Å². The van der Waals surface area contributed by atoms with E-state index < -0.39 is 0 Å². The third-order valence-electron chi connectivity index (χ3n) is 5.92. The van der Waals surface area contributed by atoms with E-state index in [-0.39, 0.29) is 11.3 Å². The van der Waals surface area contributed by atoms with Crippen LogP contribution in [0, 0.1) is 11.3 Å². The number of rotatable bonds is 6. The topological polar surface area (TPSA) is 45.7 Å². The summed E-state index contributed by atoms with van der Waals surface area (Å²) in [6, 6.07) is 8.01. The minimum absolute atomic E-state index is 0.120. The molecule has 0 bridgehead atoms. The molecule has 0 radical (unpaired) electrons. The number of aromatic nitrogens is 1. The van der Waals surface area contributed by atoms with Crippen molar-refractivity contribution in [2.45, 2.75) is 13.0 Å². The molecule has 0 saturated carbocycles. The van der Waals surface area contributed by atoms with Crippen molar-refractivity contribution in [3.05, 3.63) is 58.6 Å². The number of hydrogen-bond donors (Lipinski definition) is 0. The zero-order valence-corrected chi connectivity index (χ0v) is 17.1. The van der Waals surface area contributed by atoms with Crippen molar-refractivity contribution in [2.75, 3.05) is 39.8 Å². The van der Waals surface area contributed by atoms with E-state index in [1.165, 1.54) is 0 Å². The van der Waals surface area contributed by atoms with Crippen LogP contribution in [0.15, 0.2) is 48.1 Å². The van der Waals surface area contributed by atoms with Gasteiger partial charge in [0.05, 0.1) is 13.2 Å². The van der Waals surface area contributed by atoms with E-state index in [1.807, 2.05) is 46.8 Å². The van der Waals surface area contributed by atoms with Gasteiger partial charge in [-0.3, -0.25) is 9.78 Å². The van der Waals surface area contributed by atoms with Gasteiger partial charge in [0.25, 0.3) is 0 Å². The lowest BCUT2D eigenvalue weighted by Gasteiger charge is -2.30. The molecule has 148 valence electrons.